The average Bonchev–Trinajstić information content (AvgIpc) is 2.46. The number of aliphatic hydroxyl groups is 1. The van der Waals surface area contributed by atoms with E-state index in [1.807, 2.05) is 30.3 Å². The first-order valence-corrected chi connectivity index (χ1v) is 6.60. The van der Waals surface area contributed by atoms with Crippen LogP contribution in [0.1, 0.15) is 12.8 Å². The monoisotopic (exact) mass is 271 g/mol. The lowest BCUT2D eigenvalue weighted by molar-refractivity contribution is 0.0835. The van der Waals surface area contributed by atoms with Gasteiger partial charge in [0, 0.05) is 17.7 Å². The Balaban J connectivity index is 1.87. The molecule has 6 heteroatoms. The van der Waals surface area contributed by atoms with Gasteiger partial charge in [0.2, 0.25) is 0 Å². The van der Waals surface area contributed by atoms with Gasteiger partial charge in [-0.3, -0.25) is 0 Å². The Morgan fingerprint density at radius 3 is 2.45 bits per heavy atom. The highest BCUT2D eigenvalue weighted by Crippen LogP contribution is 2.25. The number of nitrogens with zero attached hydrogens (tertiary/aromatic N) is 2. The third kappa shape index (κ3) is 2.71. The van der Waals surface area contributed by atoms with Gasteiger partial charge in [-0.1, -0.05) is 30.3 Å². The fraction of sp³-hybridized carbons (Fsp3) is 0.286. The molecule has 1 aliphatic rings. The molecule has 5 N–H and O–H groups in total. The molecule has 0 saturated heterocycles. The molecule has 0 radical (unpaired) electrons. The lowest BCUT2D eigenvalue weighted by atomic mass is 9.89. The standard InChI is InChI=1S/C14H17N5O/c15-19-13-8-12(16-10-6-11(20)7-10)17-14(18-13)9-4-2-1-3-5-9/h1-5,8,10-11,20H,6-7,15H2,(H2,16,17,18,19). The number of nitrogens with two attached hydrogens (primary N) is 1. The number of hydrogen-bond donors (Lipinski definition) is 4. The molecule has 0 unspecified atom stereocenters. The molecule has 1 aliphatic carbocycles. The first-order valence-electron chi connectivity index (χ1n) is 6.60. The highest BCUT2D eigenvalue weighted by Gasteiger charge is 2.27. The van der Waals surface area contributed by atoms with Crippen molar-refractivity contribution in [1.82, 2.24) is 9.97 Å². The molecule has 1 aromatic carbocycles. The van der Waals surface area contributed by atoms with Gasteiger partial charge in [0.05, 0.1) is 6.10 Å². The van der Waals surface area contributed by atoms with Crippen molar-refractivity contribution in [1.29, 1.82) is 0 Å². The SMILES string of the molecule is NNc1cc(NC2CC(O)C2)nc(-c2ccccc2)n1. The maximum absolute atomic E-state index is 9.32. The van der Waals surface area contributed by atoms with Gasteiger partial charge in [0.1, 0.15) is 11.6 Å². The molecule has 6 nitrogen and oxygen atoms in total. The zero-order valence-corrected chi connectivity index (χ0v) is 11.0. The molecule has 0 amide bonds. The van der Waals surface area contributed by atoms with Crippen LogP contribution in [0.2, 0.25) is 0 Å². The topological polar surface area (TPSA) is 96.1 Å². The van der Waals surface area contributed by atoms with Crippen molar-refractivity contribution >= 4 is 11.6 Å². The van der Waals surface area contributed by atoms with E-state index in [4.69, 9.17) is 5.84 Å². The molecule has 0 spiro atoms. The second kappa shape index (κ2) is 5.44. The molecule has 1 aromatic heterocycles. The molecule has 104 valence electrons. The number of nitrogen functional groups attached to an aromatic ring is 1. The van der Waals surface area contributed by atoms with E-state index >= 15 is 0 Å². The van der Waals surface area contributed by atoms with E-state index in [2.05, 4.69) is 20.7 Å². The maximum atomic E-state index is 9.32. The second-order valence-electron chi connectivity index (χ2n) is 4.94. The van der Waals surface area contributed by atoms with Crippen molar-refractivity contribution < 1.29 is 5.11 Å². The highest BCUT2D eigenvalue weighted by atomic mass is 16.3. The first kappa shape index (κ1) is 12.8. The molecule has 1 heterocycles. The summed E-state index contributed by atoms with van der Waals surface area (Å²) in [6.07, 6.45) is 1.29. The number of benzene rings is 1. The zero-order chi connectivity index (χ0) is 13.9. The van der Waals surface area contributed by atoms with Crippen molar-refractivity contribution in [2.24, 2.45) is 5.84 Å². The lowest BCUT2D eigenvalue weighted by Gasteiger charge is -2.32. The summed E-state index contributed by atoms with van der Waals surface area (Å²) in [7, 11) is 0. The van der Waals surface area contributed by atoms with E-state index in [0.29, 0.717) is 17.5 Å². The lowest BCUT2D eigenvalue weighted by Crippen LogP contribution is -2.39. The first-order chi connectivity index (χ1) is 9.74. The zero-order valence-electron chi connectivity index (χ0n) is 11.0. The normalized spacial score (nSPS) is 21.1. The van der Waals surface area contributed by atoms with E-state index in [0.717, 1.165) is 18.4 Å². The number of rotatable bonds is 4. The predicted molar refractivity (Wildman–Crippen MR) is 77.9 cm³/mol. The smallest absolute Gasteiger partial charge is 0.163 e. The van der Waals surface area contributed by atoms with Gasteiger partial charge in [0.25, 0.3) is 0 Å². The predicted octanol–water partition coefficient (Wildman–Crippen LogP) is 1.36. The Morgan fingerprint density at radius 2 is 1.80 bits per heavy atom. The minimum Gasteiger partial charge on any atom is -0.393 e. The average molecular weight is 271 g/mol. The van der Waals surface area contributed by atoms with Crippen LogP contribution >= 0.6 is 0 Å². The summed E-state index contributed by atoms with van der Waals surface area (Å²) in [5.74, 6) is 7.34. The van der Waals surface area contributed by atoms with E-state index in [-0.39, 0.29) is 12.1 Å². The number of aliphatic hydroxyl groups excluding tert-OH is 1. The molecule has 1 fully saturated rings. The van der Waals surface area contributed by atoms with Gasteiger partial charge in [-0.25, -0.2) is 15.8 Å². The third-order valence-corrected chi connectivity index (χ3v) is 3.37. The third-order valence-electron chi connectivity index (χ3n) is 3.37. The van der Waals surface area contributed by atoms with Crippen LogP contribution < -0.4 is 16.6 Å². The van der Waals surface area contributed by atoms with Crippen LogP contribution in [-0.4, -0.2) is 27.2 Å². The Kier molecular flexibility index (Phi) is 3.49. The molecule has 0 aliphatic heterocycles. The van der Waals surface area contributed by atoms with Gasteiger partial charge in [-0.2, -0.15) is 0 Å². The van der Waals surface area contributed by atoms with Crippen LogP contribution in [0.25, 0.3) is 11.4 Å². The summed E-state index contributed by atoms with van der Waals surface area (Å²) in [5.41, 5.74) is 3.49. The Hall–Kier alpha value is -2.18. The van der Waals surface area contributed by atoms with Gasteiger partial charge < -0.3 is 15.8 Å². The quantitative estimate of drug-likeness (QED) is 0.495. The number of hydrazine groups is 1. The molecule has 3 rings (SSSR count). The summed E-state index contributed by atoms with van der Waals surface area (Å²) in [5, 5.41) is 12.6. The van der Waals surface area contributed by atoms with Gasteiger partial charge in [-0.15, -0.1) is 0 Å². The summed E-state index contributed by atoms with van der Waals surface area (Å²) >= 11 is 0. The number of anilines is 2. The van der Waals surface area contributed by atoms with Crippen molar-refractivity contribution in [2.75, 3.05) is 10.7 Å². The molecule has 0 bridgehead atoms. The van der Waals surface area contributed by atoms with Gasteiger partial charge in [0.15, 0.2) is 5.82 Å². The highest BCUT2D eigenvalue weighted by molar-refractivity contribution is 5.61. The Morgan fingerprint density at radius 1 is 1.10 bits per heavy atom. The van der Waals surface area contributed by atoms with E-state index in [9.17, 15) is 5.11 Å². The summed E-state index contributed by atoms with van der Waals surface area (Å²) in [6, 6.07) is 11.8. The Bertz CT molecular complexity index is 583. The minimum absolute atomic E-state index is 0.199. The van der Waals surface area contributed by atoms with Crippen LogP contribution in [0, 0.1) is 0 Å². The van der Waals surface area contributed by atoms with Crippen LogP contribution in [0.4, 0.5) is 11.6 Å². The summed E-state index contributed by atoms with van der Waals surface area (Å²) < 4.78 is 0. The molecular weight excluding hydrogens is 254 g/mol. The maximum Gasteiger partial charge on any atom is 0.163 e. The van der Waals surface area contributed by atoms with E-state index in [1.165, 1.54) is 0 Å². The fourth-order valence-electron chi connectivity index (χ4n) is 2.23. The van der Waals surface area contributed by atoms with Gasteiger partial charge >= 0.3 is 0 Å². The number of aromatic nitrogens is 2. The number of nitrogens with one attached hydrogen (secondary N) is 2. The fourth-order valence-corrected chi connectivity index (χ4v) is 2.23. The molecule has 2 aromatic rings. The van der Waals surface area contributed by atoms with Crippen LogP contribution in [-0.2, 0) is 0 Å². The summed E-state index contributed by atoms with van der Waals surface area (Å²) in [6.45, 7) is 0. The Labute approximate surface area is 117 Å². The van der Waals surface area contributed by atoms with Crippen LogP contribution in [0.5, 0.6) is 0 Å². The van der Waals surface area contributed by atoms with Crippen molar-refractivity contribution in [3.05, 3.63) is 36.4 Å². The number of hydrogen-bond acceptors (Lipinski definition) is 6. The molecule has 20 heavy (non-hydrogen) atoms. The summed E-state index contributed by atoms with van der Waals surface area (Å²) in [4.78, 5) is 8.85. The molecular formula is C14H17N5O. The van der Waals surface area contributed by atoms with Crippen molar-refractivity contribution in [3.8, 4) is 11.4 Å². The van der Waals surface area contributed by atoms with E-state index in [1.54, 1.807) is 6.07 Å². The largest absolute Gasteiger partial charge is 0.393 e. The van der Waals surface area contributed by atoms with Crippen molar-refractivity contribution in [2.45, 2.75) is 25.0 Å². The second-order valence-corrected chi connectivity index (χ2v) is 4.94. The van der Waals surface area contributed by atoms with Crippen LogP contribution in [0.3, 0.4) is 0 Å². The molecule has 0 atom stereocenters. The van der Waals surface area contributed by atoms with Gasteiger partial charge in [-0.05, 0) is 12.8 Å². The minimum atomic E-state index is -0.199. The van der Waals surface area contributed by atoms with Crippen molar-refractivity contribution in [3.63, 3.8) is 0 Å². The van der Waals surface area contributed by atoms with E-state index < -0.39 is 0 Å². The van der Waals surface area contributed by atoms with Crippen LogP contribution in [0.15, 0.2) is 36.4 Å². The molecule has 1 saturated carbocycles.